The summed E-state index contributed by atoms with van der Waals surface area (Å²) >= 11 is 11.6. The van der Waals surface area contributed by atoms with Crippen molar-refractivity contribution in [2.75, 3.05) is 13.1 Å². The highest BCUT2D eigenvalue weighted by molar-refractivity contribution is 6.35. The quantitative estimate of drug-likeness (QED) is 0.800. The number of nitrogens with one attached hydrogen (secondary N) is 1. The van der Waals surface area contributed by atoms with Gasteiger partial charge in [-0.25, -0.2) is 0 Å². The minimum absolute atomic E-state index is 0.226. The number of hydrogen-bond acceptors (Lipinski definition) is 2. The average Bonchev–Trinajstić information content (AvgIpc) is 2.22. The van der Waals surface area contributed by atoms with Crippen LogP contribution in [0, 0.1) is 0 Å². The summed E-state index contributed by atoms with van der Waals surface area (Å²) < 4.78 is 0. The molecule has 0 aliphatic heterocycles. The molecule has 0 radical (unpaired) electrons. The fourth-order valence-corrected chi connectivity index (χ4v) is 1.45. The van der Waals surface area contributed by atoms with Crippen molar-refractivity contribution in [1.29, 1.82) is 0 Å². The Balaban J connectivity index is 2.68. The molecule has 3 N–H and O–H groups in total. The summed E-state index contributed by atoms with van der Waals surface area (Å²) in [4.78, 5) is 11.6. The molecule has 0 unspecified atom stereocenters. The molecule has 0 heterocycles. The molecule has 0 aliphatic carbocycles. The molecule has 0 spiro atoms. The van der Waals surface area contributed by atoms with Gasteiger partial charge in [-0.1, -0.05) is 23.2 Å². The smallest absolute Gasteiger partial charge is 0.252 e. The van der Waals surface area contributed by atoms with Crippen LogP contribution in [0.1, 0.15) is 16.8 Å². The summed E-state index contributed by atoms with van der Waals surface area (Å²) in [6, 6.07) is 4.78. The van der Waals surface area contributed by atoms with Crippen molar-refractivity contribution in [1.82, 2.24) is 5.32 Å². The van der Waals surface area contributed by atoms with Crippen LogP contribution in [0.3, 0.4) is 0 Å². The molecular weight excluding hydrogens is 235 g/mol. The molecule has 0 bridgehead atoms. The lowest BCUT2D eigenvalue weighted by Crippen LogP contribution is -2.26. The number of hydrogen-bond donors (Lipinski definition) is 2. The van der Waals surface area contributed by atoms with Gasteiger partial charge in [0.25, 0.3) is 5.91 Å². The first-order valence-electron chi connectivity index (χ1n) is 4.58. The second-order valence-electron chi connectivity index (χ2n) is 3.02. The van der Waals surface area contributed by atoms with Gasteiger partial charge in [0.1, 0.15) is 0 Å². The molecule has 0 saturated heterocycles. The topological polar surface area (TPSA) is 55.1 Å². The maximum Gasteiger partial charge on any atom is 0.252 e. The van der Waals surface area contributed by atoms with Gasteiger partial charge in [-0.2, -0.15) is 0 Å². The van der Waals surface area contributed by atoms with Gasteiger partial charge in [0, 0.05) is 11.6 Å². The molecule has 0 saturated carbocycles. The van der Waals surface area contributed by atoms with Gasteiger partial charge in [0.2, 0.25) is 0 Å². The van der Waals surface area contributed by atoms with E-state index in [1.807, 2.05) is 0 Å². The first-order valence-corrected chi connectivity index (χ1v) is 5.34. The number of nitrogens with two attached hydrogens (primary N) is 1. The van der Waals surface area contributed by atoms with Crippen molar-refractivity contribution in [3.05, 3.63) is 33.8 Å². The number of carbonyl (C=O) groups excluding carboxylic acids is 1. The lowest BCUT2D eigenvalue weighted by atomic mass is 10.2. The van der Waals surface area contributed by atoms with Crippen LogP contribution >= 0.6 is 23.2 Å². The monoisotopic (exact) mass is 246 g/mol. The van der Waals surface area contributed by atoms with Crippen molar-refractivity contribution in [3.8, 4) is 0 Å². The van der Waals surface area contributed by atoms with Crippen LogP contribution in [0.5, 0.6) is 0 Å². The van der Waals surface area contributed by atoms with Crippen LogP contribution in [-0.2, 0) is 0 Å². The van der Waals surface area contributed by atoms with Gasteiger partial charge >= 0.3 is 0 Å². The van der Waals surface area contributed by atoms with Gasteiger partial charge in [-0.3, -0.25) is 4.79 Å². The third kappa shape index (κ3) is 3.70. The van der Waals surface area contributed by atoms with Crippen molar-refractivity contribution in [2.24, 2.45) is 5.73 Å². The molecule has 1 rings (SSSR count). The van der Waals surface area contributed by atoms with Gasteiger partial charge in [0.05, 0.1) is 10.6 Å². The Hall–Kier alpha value is -0.770. The summed E-state index contributed by atoms with van der Waals surface area (Å²) in [6.07, 6.45) is 0.740. The zero-order valence-corrected chi connectivity index (χ0v) is 9.61. The third-order valence-electron chi connectivity index (χ3n) is 1.84. The number of amides is 1. The molecule has 0 aromatic heterocycles. The van der Waals surface area contributed by atoms with Crippen LogP contribution in [0.4, 0.5) is 0 Å². The molecule has 15 heavy (non-hydrogen) atoms. The Bertz CT molecular complexity index is 355. The highest BCUT2D eigenvalue weighted by atomic mass is 35.5. The first kappa shape index (κ1) is 12.3. The summed E-state index contributed by atoms with van der Waals surface area (Å²) in [7, 11) is 0. The second kappa shape index (κ2) is 5.95. The van der Waals surface area contributed by atoms with Crippen molar-refractivity contribution in [3.63, 3.8) is 0 Å². The van der Waals surface area contributed by atoms with E-state index < -0.39 is 0 Å². The van der Waals surface area contributed by atoms with Crippen molar-refractivity contribution < 1.29 is 4.79 Å². The Morgan fingerprint density at radius 3 is 2.80 bits per heavy atom. The third-order valence-corrected chi connectivity index (χ3v) is 2.40. The van der Waals surface area contributed by atoms with Crippen LogP contribution < -0.4 is 11.1 Å². The average molecular weight is 247 g/mol. The van der Waals surface area contributed by atoms with Gasteiger partial charge in [0.15, 0.2) is 0 Å². The lowest BCUT2D eigenvalue weighted by molar-refractivity contribution is 0.0953. The van der Waals surface area contributed by atoms with Gasteiger partial charge in [-0.05, 0) is 31.2 Å². The molecule has 5 heteroatoms. The van der Waals surface area contributed by atoms with Gasteiger partial charge < -0.3 is 11.1 Å². The summed E-state index contributed by atoms with van der Waals surface area (Å²) in [5.74, 6) is -0.226. The van der Waals surface area contributed by atoms with E-state index in [4.69, 9.17) is 28.9 Å². The molecule has 82 valence electrons. The Morgan fingerprint density at radius 1 is 1.40 bits per heavy atom. The van der Waals surface area contributed by atoms with E-state index in [9.17, 15) is 4.79 Å². The second-order valence-corrected chi connectivity index (χ2v) is 3.87. The Morgan fingerprint density at radius 2 is 2.13 bits per heavy atom. The fourth-order valence-electron chi connectivity index (χ4n) is 1.07. The number of carbonyl (C=O) groups is 1. The molecule has 3 nitrogen and oxygen atoms in total. The van der Waals surface area contributed by atoms with Crippen LogP contribution in [0.2, 0.25) is 10.0 Å². The van der Waals surface area contributed by atoms with E-state index in [0.717, 1.165) is 6.42 Å². The van der Waals surface area contributed by atoms with Crippen molar-refractivity contribution in [2.45, 2.75) is 6.42 Å². The Labute approximate surface area is 98.5 Å². The molecule has 1 aromatic carbocycles. The zero-order valence-electron chi connectivity index (χ0n) is 8.09. The highest BCUT2D eigenvalue weighted by Crippen LogP contribution is 2.20. The zero-order chi connectivity index (χ0) is 11.3. The van der Waals surface area contributed by atoms with Crippen molar-refractivity contribution >= 4 is 29.1 Å². The minimum atomic E-state index is -0.226. The van der Waals surface area contributed by atoms with E-state index in [1.54, 1.807) is 18.2 Å². The molecular formula is C10H12Cl2N2O. The number of rotatable bonds is 4. The lowest BCUT2D eigenvalue weighted by Gasteiger charge is -2.06. The fraction of sp³-hybridized carbons (Fsp3) is 0.300. The van der Waals surface area contributed by atoms with Crippen LogP contribution in [-0.4, -0.2) is 19.0 Å². The van der Waals surface area contributed by atoms with Crippen LogP contribution in [0.25, 0.3) is 0 Å². The van der Waals surface area contributed by atoms with Crippen LogP contribution in [0.15, 0.2) is 18.2 Å². The molecule has 0 atom stereocenters. The number of halogens is 2. The first-order chi connectivity index (χ1) is 7.15. The number of benzene rings is 1. The molecule has 0 fully saturated rings. The molecule has 0 aliphatic rings. The highest BCUT2D eigenvalue weighted by Gasteiger charge is 2.09. The van der Waals surface area contributed by atoms with E-state index >= 15 is 0 Å². The molecule has 1 amide bonds. The summed E-state index contributed by atoms with van der Waals surface area (Å²) in [6.45, 7) is 1.09. The minimum Gasteiger partial charge on any atom is -0.352 e. The summed E-state index contributed by atoms with van der Waals surface area (Å²) in [5.41, 5.74) is 5.70. The van der Waals surface area contributed by atoms with E-state index in [0.29, 0.717) is 28.7 Å². The maximum atomic E-state index is 11.6. The predicted octanol–water partition coefficient (Wildman–Crippen LogP) is 2.07. The Kier molecular flexibility index (Phi) is 4.88. The standard InChI is InChI=1S/C10H12Cl2N2O/c11-7-2-3-9(12)8(6-7)10(15)14-5-1-4-13/h2-3,6H,1,4-5,13H2,(H,14,15). The normalized spacial score (nSPS) is 10.1. The largest absolute Gasteiger partial charge is 0.352 e. The summed E-state index contributed by atoms with van der Waals surface area (Å²) in [5, 5.41) is 3.59. The SMILES string of the molecule is NCCCNC(=O)c1cc(Cl)ccc1Cl. The predicted molar refractivity (Wildman–Crippen MR) is 62.5 cm³/mol. The maximum absolute atomic E-state index is 11.6. The molecule has 1 aromatic rings. The van der Waals surface area contributed by atoms with E-state index in [1.165, 1.54) is 0 Å². The van der Waals surface area contributed by atoms with Gasteiger partial charge in [-0.15, -0.1) is 0 Å². The van der Waals surface area contributed by atoms with E-state index in [-0.39, 0.29) is 5.91 Å². The van der Waals surface area contributed by atoms with E-state index in [2.05, 4.69) is 5.32 Å².